The van der Waals surface area contributed by atoms with E-state index in [1.165, 1.54) is 7.11 Å². The van der Waals surface area contributed by atoms with Crippen LogP contribution in [-0.2, 0) is 25.5 Å². The lowest BCUT2D eigenvalue weighted by atomic mass is 9.78. The van der Waals surface area contributed by atoms with Crippen molar-refractivity contribution in [3.63, 3.8) is 0 Å². The maximum Gasteiger partial charge on any atom is 0.347 e. The third-order valence-electron chi connectivity index (χ3n) is 7.10. The average Bonchev–Trinajstić information content (AvgIpc) is 3.11. The summed E-state index contributed by atoms with van der Waals surface area (Å²) in [6.07, 6.45) is -3.68. The summed E-state index contributed by atoms with van der Waals surface area (Å²) in [5.41, 5.74) is -1.32. The number of methoxy groups -OCH3 is 1. The lowest BCUT2D eigenvalue weighted by molar-refractivity contribution is -0.225. The molecule has 0 amide bonds. The van der Waals surface area contributed by atoms with Gasteiger partial charge in [0.15, 0.2) is 23.0 Å². The summed E-state index contributed by atoms with van der Waals surface area (Å²) in [5.74, 6) is -4.73. The number of hydrogen-bond donors (Lipinski definition) is 4. The van der Waals surface area contributed by atoms with E-state index >= 15 is 0 Å². The van der Waals surface area contributed by atoms with Gasteiger partial charge in [-0.3, -0.25) is 9.59 Å². The summed E-state index contributed by atoms with van der Waals surface area (Å²) >= 11 is 0. The normalized spacial score (nSPS) is 29.2. The number of aliphatic hydroxyl groups is 3. The molecular weight excluding hydrogens is 476 g/mol. The summed E-state index contributed by atoms with van der Waals surface area (Å²) in [4.78, 5) is 37.9. The molecule has 2 aliphatic heterocycles. The third kappa shape index (κ3) is 2.75. The Hall–Kier alpha value is -3.93. The van der Waals surface area contributed by atoms with Gasteiger partial charge in [-0.05, 0) is 36.4 Å². The minimum absolute atomic E-state index is 0.0284. The Kier molecular flexibility index (Phi) is 4.56. The SMILES string of the molecule is COC1=CC(=O)C2=C(C1=O)C(O)C1OC3(CCc4cc5cc(C)oc(=O)c5c(O)c4O3)C(O)C1=C2O. The Morgan fingerprint density at radius 1 is 1.14 bits per heavy atom. The highest BCUT2D eigenvalue weighted by atomic mass is 16.7. The topological polar surface area (TPSA) is 173 Å². The van der Waals surface area contributed by atoms with E-state index in [0.29, 0.717) is 16.7 Å². The average molecular weight is 496 g/mol. The molecule has 0 radical (unpaired) electrons. The van der Waals surface area contributed by atoms with Gasteiger partial charge in [0.2, 0.25) is 11.6 Å². The Morgan fingerprint density at radius 2 is 1.89 bits per heavy atom. The van der Waals surface area contributed by atoms with Crippen LogP contribution in [0.2, 0.25) is 0 Å². The number of hydrogen-bond acceptors (Lipinski definition) is 11. The summed E-state index contributed by atoms with van der Waals surface area (Å²) in [6.45, 7) is 1.60. The Labute approximate surface area is 202 Å². The first-order valence-corrected chi connectivity index (χ1v) is 11.1. The lowest BCUT2D eigenvalue weighted by Crippen LogP contribution is -2.48. The molecule has 4 aliphatic rings. The second-order valence-corrected chi connectivity index (χ2v) is 9.12. The number of phenolic OH excluding ortho intramolecular Hbond substituents is 1. The molecular formula is C25H20O11. The molecule has 4 N–H and O–H groups in total. The number of benzene rings is 1. The minimum atomic E-state index is -1.89. The van der Waals surface area contributed by atoms with Gasteiger partial charge in [0, 0.05) is 23.6 Å². The van der Waals surface area contributed by atoms with Crippen LogP contribution in [0.4, 0.5) is 0 Å². The van der Waals surface area contributed by atoms with Crippen molar-refractivity contribution in [1.82, 2.24) is 0 Å². The highest BCUT2D eigenvalue weighted by Gasteiger charge is 2.61. The zero-order valence-electron chi connectivity index (χ0n) is 19.0. The van der Waals surface area contributed by atoms with Gasteiger partial charge >= 0.3 is 5.63 Å². The molecule has 0 saturated carbocycles. The van der Waals surface area contributed by atoms with Gasteiger partial charge in [-0.1, -0.05) is 0 Å². The fraction of sp³-hybridized carbons (Fsp3) is 0.320. The number of aromatic hydroxyl groups is 1. The fourth-order valence-corrected chi connectivity index (χ4v) is 5.45. The first-order valence-electron chi connectivity index (χ1n) is 11.1. The molecule has 4 atom stereocenters. The van der Waals surface area contributed by atoms with Gasteiger partial charge < -0.3 is 39.1 Å². The van der Waals surface area contributed by atoms with Crippen LogP contribution in [0.25, 0.3) is 10.8 Å². The molecule has 1 saturated heterocycles. The number of carbonyl (C=O) groups is 2. The van der Waals surface area contributed by atoms with E-state index in [9.17, 15) is 34.8 Å². The number of fused-ring (bicyclic) bond motifs is 3. The van der Waals surface area contributed by atoms with Crippen molar-refractivity contribution in [2.24, 2.45) is 0 Å². The number of allylic oxidation sites excluding steroid dienone is 3. The second-order valence-electron chi connectivity index (χ2n) is 9.12. The number of rotatable bonds is 1. The van der Waals surface area contributed by atoms with Crippen molar-refractivity contribution < 1.29 is 48.6 Å². The Balaban J connectivity index is 1.45. The minimum Gasteiger partial charge on any atom is -0.507 e. The van der Waals surface area contributed by atoms with Crippen molar-refractivity contribution in [3.05, 3.63) is 68.2 Å². The smallest absolute Gasteiger partial charge is 0.347 e. The number of Topliss-reactive ketones (excluding diaryl/α,β-unsaturated/α-hetero) is 1. The molecule has 0 bridgehead atoms. The van der Waals surface area contributed by atoms with Gasteiger partial charge in [-0.15, -0.1) is 0 Å². The number of ketones is 2. The van der Waals surface area contributed by atoms with Crippen molar-refractivity contribution >= 4 is 22.3 Å². The molecule has 6 rings (SSSR count). The van der Waals surface area contributed by atoms with Gasteiger partial charge in [0.1, 0.15) is 35.2 Å². The predicted octanol–water partition coefficient (Wildman–Crippen LogP) is 0.753. The molecule has 1 aromatic heterocycles. The molecule has 11 nitrogen and oxygen atoms in total. The molecule has 1 fully saturated rings. The summed E-state index contributed by atoms with van der Waals surface area (Å²) in [6, 6.07) is 3.26. The molecule has 36 heavy (non-hydrogen) atoms. The highest BCUT2D eigenvalue weighted by molar-refractivity contribution is 6.24. The van der Waals surface area contributed by atoms with Crippen LogP contribution >= 0.6 is 0 Å². The monoisotopic (exact) mass is 496 g/mol. The first kappa shape index (κ1) is 22.5. The van der Waals surface area contributed by atoms with E-state index < -0.39 is 63.9 Å². The van der Waals surface area contributed by atoms with Gasteiger partial charge in [-0.25, -0.2) is 4.79 Å². The zero-order chi connectivity index (χ0) is 25.7. The summed E-state index contributed by atoms with van der Waals surface area (Å²) in [7, 11) is 1.19. The number of phenols is 1. The molecule has 11 heteroatoms. The van der Waals surface area contributed by atoms with Crippen molar-refractivity contribution in [2.75, 3.05) is 7.11 Å². The zero-order valence-corrected chi connectivity index (χ0v) is 19.0. The van der Waals surface area contributed by atoms with E-state index in [1.54, 1.807) is 19.1 Å². The van der Waals surface area contributed by atoms with Crippen LogP contribution in [0, 0.1) is 6.92 Å². The van der Waals surface area contributed by atoms with Crippen LogP contribution in [-0.4, -0.2) is 63.2 Å². The van der Waals surface area contributed by atoms with Crippen LogP contribution in [0.1, 0.15) is 17.7 Å². The molecule has 2 aliphatic carbocycles. The Bertz CT molecular complexity index is 1560. The summed E-state index contributed by atoms with van der Waals surface area (Å²) < 4.78 is 21.9. The molecule has 186 valence electrons. The molecule has 4 unspecified atom stereocenters. The maximum absolute atomic E-state index is 12.8. The largest absolute Gasteiger partial charge is 0.507 e. The number of carbonyl (C=O) groups excluding carboxylic acids is 2. The lowest BCUT2D eigenvalue weighted by Gasteiger charge is -2.37. The van der Waals surface area contributed by atoms with Gasteiger partial charge in [0.05, 0.1) is 12.7 Å². The van der Waals surface area contributed by atoms with Gasteiger partial charge in [0.25, 0.3) is 0 Å². The predicted molar refractivity (Wildman–Crippen MR) is 119 cm³/mol. The number of ether oxygens (including phenoxy) is 3. The summed E-state index contributed by atoms with van der Waals surface area (Å²) in [5, 5.41) is 44.5. The van der Waals surface area contributed by atoms with Crippen molar-refractivity contribution in [1.29, 1.82) is 0 Å². The maximum atomic E-state index is 12.8. The fourth-order valence-electron chi connectivity index (χ4n) is 5.45. The third-order valence-corrected chi connectivity index (χ3v) is 7.10. The van der Waals surface area contributed by atoms with Crippen molar-refractivity contribution in [3.8, 4) is 11.5 Å². The van der Waals surface area contributed by atoms with Crippen LogP contribution < -0.4 is 10.4 Å². The number of aryl methyl sites for hydroxylation is 2. The molecule has 2 aromatic rings. The first-order chi connectivity index (χ1) is 17.1. The quantitative estimate of drug-likeness (QED) is 0.410. The van der Waals surface area contributed by atoms with Crippen LogP contribution in [0.5, 0.6) is 11.5 Å². The van der Waals surface area contributed by atoms with E-state index in [4.69, 9.17) is 18.6 Å². The van der Waals surface area contributed by atoms with Crippen molar-refractivity contribution in [2.45, 2.75) is 43.9 Å². The van der Waals surface area contributed by atoms with E-state index in [2.05, 4.69) is 0 Å². The second kappa shape index (κ2) is 7.29. The molecule has 1 aromatic carbocycles. The standard InChI is InChI=1S/C25H20O11/c1-8-5-10-6-9-3-4-25(35-21(9)19(29)13(10)24(32)34-8)23(31)16-18(28)14-11(26)7-12(33-2)17(27)15(14)20(30)22(16)36-25/h5-7,20,22-23,28-31H,3-4H2,1-2H3. The molecule has 3 heterocycles. The van der Waals surface area contributed by atoms with Crippen LogP contribution in [0.3, 0.4) is 0 Å². The molecule has 1 spiro atoms. The Morgan fingerprint density at radius 3 is 2.61 bits per heavy atom. The van der Waals surface area contributed by atoms with E-state index in [-0.39, 0.29) is 35.3 Å². The highest BCUT2D eigenvalue weighted by Crippen LogP contribution is 2.52. The van der Waals surface area contributed by atoms with E-state index in [1.807, 2.05) is 0 Å². The number of aliphatic hydroxyl groups excluding tert-OH is 3. The van der Waals surface area contributed by atoms with E-state index in [0.717, 1.165) is 6.08 Å². The van der Waals surface area contributed by atoms with Crippen LogP contribution in [0.15, 0.2) is 55.7 Å². The van der Waals surface area contributed by atoms with Gasteiger partial charge in [-0.2, -0.15) is 0 Å².